The first-order valence-electron chi connectivity index (χ1n) is 8.18. The van der Waals surface area contributed by atoms with Crippen LogP contribution < -0.4 is 21.1 Å². The van der Waals surface area contributed by atoms with Crippen LogP contribution in [0.15, 0.2) is 48.5 Å². The summed E-state index contributed by atoms with van der Waals surface area (Å²) in [5.74, 6) is 0.0709. The molecule has 1 unspecified atom stereocenters. The Kier molecular flexibility index (Phi) is 6.39. The van der Waals surface area contributed by atoms with Crippen molar-refractivity contribution in [2.75, 3.05) is 17.2 Å². The lowest BCUT2D eigenvalue weighted by Gasteiger charge is -2.13. The molecule has 0 spiro atoms. The van der Waals surface area contributed by atoms with Crippen molar-refractivity contribution in [3.8, 4) is 5.75 Å². The normalized spacial score (nSPS) is 11.4. The Morgan fingerprint density at radius 2 is 1.84 bits per heavy atom. The summed E-state index contributed by atoms with van der Waals surface area (Å²) in [6.07, 6.45) is 1.09. The summed E-state index contributed by atoms with van der Waals surface area (Å²) in [5.41, 5.74) is 6.97. The minimum absolute atomic E-state index is 0.0767. The molecular weight excluding hydrogens is 318 g/mol. The highest BCUT2D eigenvalue weighted by molar-refractivity contribution is 5.95. The number of hydrogen-bond acceptors (Lipinski definition) is 4. The Bertz CT molecular complexity index is 729. The molecule has 0 aliphatic carbocycles. The number of hydrogen-bond donors (Lipinski definition) is 3. The fourth-order valence-electron chi connectivity index (χ4n) is 2.10. The number of anilines is 2. The lowest BCUT2D eigenvalue weighted by molar-refractivity contribution is -0.114. The molecule has 0 bridgehead atoms. The Balaban J connectivity index is 1.86. The van der Waals surface area contributed by atoms with E-state index in [1.165, 1.54) is 0 Å². The molecule has 25 heavy (non-hydrogen) atoms. The molecule has 0 aromatic heterocycles. The molecule has 4 N–H and O–H groups in total. The lowest BCUT2D eigenvalue weighted by Crippen LogP contribution is -2.22. The van der Waals surface area contributed by atoms with Crippen molar-refractivity contribution in [1.29, 1.82) is 0 Å². The van der Waals surface area contributed by atoms with Crippen LogP contribution in [-0.4, -0.2) is 24.5 Å². The summed E-state index contributed by atoms with van der Waals surface area (Å²) in [5, 5.41) is 5.76. The Hall–Kier alpha value is -3.02. The fraction of sp³-hybridized carbons (Fsp3) is 0.263. The molecule has 2 rings (SSSR count). The van der Waals surface area contributed by atoms with E-state index in [4.69, 9.17) is 10.5 Å². The van der Waals surface area contributed by atoms with Crippen molar-refractivity contribution >= 4 is 23.2 Å². The summed E-state index contributed by atoms with van der Waals surface area (Å²) in [7, 11) is 0. The molecule has 0 saturated heterocycles. The molecule has 6 heteroatoms. The second-order valence-corrected chi connectivity index (χ2v) is 5.71. The van der Waals surface area contributed by atoms with Crippen LogP contribution in [0, 0.1) is 0 Å². The predicted octanol–water partition coefficient (Wildman–Crippen LogP) is 3.01. The molecule has 0 heterocycles. The third-order valence-corrected chi connectivity index (χ3v) is 3.65. The molecule has 0 saturated carbocycles. The van der Waals surface area contributed by atoms with Crippen LogP contribution >= 0.6 is 0 Å². The average molecular weight is 341 g/mol. The van der Waals surface area contributed by atoms with E-state index in [0.29, 0.717) is 16.9 Å². The zero-order valence-electron chi connectivity index (χ0n) is 14.4. The van der Waals surface area contributed by atoms with Gasteiger partial charge in [-0.05, 0) is 55.8 Å². The average Bonchev–Trinajstić information content (AvgIpc) is 2.61. The molecular formula is C19H23N3O3. The number of carbonyl (C=O) groups is 2. The van der Waals surface area contributed by atoms with E-state index >= 15 is 0 Å². The van der Waals surface area contributed by atoms with Gasteiger partial charge in [-0.3, -0.25) is 9.59 Å². The van der Waals surface area contributed by atoms with Gasteiger partial charge in [0.25, 0.3) is 0 Å². The number of amides is 2. The maximum atomic E-state index is 12.0. The molecule has 0 radical (unpaired) electrons. The van der Waals surface area contributed by atoms with Gasteiger partial charge < -0.3 is 21.1 Å². The quantitative estimate of drug-likeness (QED) is 0.688. The van der Waals surface area contributed by atoms with Crippen molar-refractivity contribution in [3.05, 3.63) is 54.1 Å². The zero-order chi connectivity index (χ0) is 18.2. The highest BCUT2D eigenvalue weighted by Crippen LogP contribution is 2.17. The van der Waals surface area contributed by atoms with Gasteiger partial charge in [0.2, 0.25) is 11.8 Å². The molecule has 132 valence electrons. The number of rotatable bonds is 8. The van der Waals surface area contributed by atoms with Crippen molar-refractivity contribution in [2.24, 2.45) is 5.73 Å². The molecule has 0 aliphatic rings. The first-order chi connectivity index (χ1) is 12.0. The summed E-state index contributed by atoms with van der Waals surface area (Å²) in [4.78, 5) is 23.2. The van der Waals surface area contributed by atoms with E-state index in [9.17, 15) is 9.59 Å². The molecule has 2 aromatic rings. The molecule has 6 nitrogen and oxygen atoms in total. The minimum atomic E-state index is -0.507. The number of carbonyl (C=O) groups excluding carboxylic acids is 2. The van der Waals surface area contributed by atoms with E-state index in [-0.39, 0.29) is 18.6 Å². The number of nitrogens with one attached hydrogen (secondary N) is 2. The molecule has 0 aliphatic heterocycles. The van der Waals surface area contributed by atoms with Crippen LogP contribution in [0.5, 0.6) is 5.75 Å². The van der Waals surface area contributed by atoms with Crippen LogP contribution in [0.25, 0.3) is 0 Å². The van der Waals surface area contributed by atoms with Gasteiger partial charge in [0.05, 0.1) is 12.6 Å². The van der Waals surface area contributed by atoms with Crippen LogP contribution in [0.2, 0.25) is 0 Å². The highest BCUT2D eigenvalue weighted by Gasteiger charge is 2.06. The van der Waals surface area contributed by atoms with E-state index in [1.807, 2.05) is 19.1 Å². The van der Waals surface area contributed by atoms with E-state index < -0.39 is 5.91 Å². The van der Waals surface area contributed by atoms with Crippen molar-refractivity contribution in [3.63, 3.8) is 0 Å². The Morgan fingerprint density at radius 1 is 1.12 bits per heavy atom. The second-order valence-electron chi connectivity index (χ2n) is 5.71. The van der Waals surface area contributed by atoms with E-state index in [2.05, 4.69) is 17.6 Å². The second kappa shape index (κ2) is 8.73. The number of ether oxygens (including phenoxy) is 1. The van der Waals surface area contributed by atoms with Crippen molar-refractivity contribution in [2.45, 2.75) is 26.4 Å². The largest absolute Gasteiger partial charge is 0.491 e. The van der Waals surface area contributed by atoms with Crippen LogP contribution in [-0.2, 0) is 4.79 Å². The van der Waals surface area contributed by atoms with Crippen LogP contribution in [0.4, 0.5) is 11.4 Å². The first-order valence-corrected chi connectivity index (χ1v) is 8.18. The third kappa shape index (κ3) is 5.84. The van der Waals surface area contributed by atoms with Gasteiger partial charge in [0.15, 0.2) is 0 Å². The summed E-state index contributed by atoms with van der Waals surface area (Å²) in [6.45, 7) is 4.15. The molecule has 2 aromatic carbocycles. The van der Waals surface area contributed by atoms with Gasteiger partial charge in [-0.15, -0.1) is 0 Å². The van der Waals surface area contributed by atoms with E-state index in [0.717, 1.165) is 12.2 Å². The highest BCUT2D eigenvalue weighted by atomic mass is 16.5. The van der Waals surface area contributed by atoms with Gasteiger partial charge in [-0.1, -0.05) is 13.0 Å². The maximum absolute atomic E-state index is 12.0. The standard InChI is InChI=1S/C19H23N3O3/c1-3-13(2)25-17-9-7-15(8-10-17)22-18(23)12-21-16-6-4-5-14(11-16)19(20)24/h4-11,13,21H,3,12H2,1-2H3,(H2,20,24)(H,22,23). The lowest BCUT2D eigenvalue weighted by atomic mass is 10.2. The minimum Gasteiger partial charge on any atom is -0.491 e. The zero-order valence-corrected chi connectivity index (χ0v) is 14.4. The van der Waals surface area contributed by atoms with E-state index in [1.54, 1.807) is 36.4 Å². The first kappa shape index (κ1) is 18.3. The molecule has 1 atom stereocenters. The van der Waals surface area contributed by atoms with Gasteiger partial charge >= 0.3 is 0 Å². The molecule has 2 amide bonds. The smallest absolute Gasteiger partial charge is 0.248 e. The summed E-state index contributed by atoms with van der Waals surface area (Å²) >= 11 is 0. The monoisotopic (exact) mass is 341 g/mol. The number of benzene rings is 2. The molecule has 0 fully saturated rings. The van der Waals surface area contributed by atoms with Crippen LogP contribution in [0.3, 0.4) is 0 Å². The topological polar surface area (TPSA) is 93.4 Å². The Morgan fingerprint density at radius 3 is 2.48 bits per heavy atom. The fourth-order valence-corrected chi connectivity index (χ4v) is 2.10. The summed E-state index contributed by atoms with van der Waals surface area (Å²) in [6, 6.07) is 13.9. The Labute approximate surface area is 147 Å². The summed E-state index contributed by atoms with van der Waals surface area (Å²) < 4.78 is 5.70. The van der Waals surface area contributed by atoms with Crippen molar-refractivity contribution < 1.29 is 14.3 Å². The predicted molar refractivity (Wildman–Crippen MR) is 98.9 cm³/mol. The number of nitrogens with two attached hydrogens (primary N) is 1. The van der Waals surface area contributed by atoms with Crippen molar-refractivity contribution in [1.82, 2.24) is 0 Å². The van der Waals surface area contributed by atoms with Gasteiger partial charge in [-0.2, -0.15) is 0 Å². The SMILES string of the molecule is CCC(C)Oc1ccc(NC(=O)CNc2cccc(C(N)=O)c2)cc1. The van der Waals surface area contributed by atoms with Gasteiger partial charge in [0.1, 0.15) is 5.75 Å². The number of primary amides is 1. The van der Waals surface area contributed by atoms with Crippen LogP contribution in [0.1, 0.15) is 30.6 Å². The van der Waals surface area contributed by atoms with Gasteiger partial charge in [0, 0.05) is 16.9 Å². The maximum Gasteiger partial charge on any atom is 0.248 e. The third-order valence-electron chi connectivity index (χ3n) is 3.65. The van der Waals surface area contributed by atoms with Gasteiger partial charge in [-0.25, -0.2) is 0 Å².